The number of nitrogens with zero attached hydrogens (tertiary/aromatic N) is 2. The second-order valence-electron chi connectivity index (χ2n) is 4.75. The molecule has 0 bridgehead atoms. The first-order chi connectivity index (χ1) is 7.51. The van der Waals surface area contributed by atoms with Crippen molar-refractivity contribution in [2.24, 2.45) is 5.92 Å². The highest BCUT2D eigenvalue weighted by molar-refractivity contribution is 9.09. The van der Waals surface area contributed by atoms with E-state index in [2.05, 4.69) is 22.9 Å². The highest BCUT2D eigenvalue weighted by Crippen LogP contribution is 2.27. The van der Waals surface area contributed by atoms with Crippen LogP contribution in [-0.4, -0.2) is 48.0 Å². The summed E-state index contributed by atoms with van der Waals surface area (Å²) >= 11 is 3.60. The summed E-state index contributed by atoms with van der Waals surface area (Å²) in [4.78, 5) is 0.456. The molecule has 2 atom stereocenters. The molecule has 2 fully saturated rings. The molecule has 0 N–H and O–H groups in total. The van der Waals surface area contributed by atoms with Crippen LogP contribution in [-0.2, 0) is 10.2 Å². The smallest absolute Gasteiger partial charge is 0.195 e. The van der Waals surface area contributed by atoms with Gasteiger partial charge in [0, 0.05) is 31.0 Å². The Morgan fingerprint density at radius 1 is 1.12 bits per heavy atom. The summed E-state index contributed by atoms with van der Waals surface area (Å²) in [6.07, 6.45) is 2.92. The molecule has 94 valence electrons. The number of hydrogen-bond donors (Lipinski definition) is 0. The van der Waals surface area contributed by atoms with Crippen LogP contribution in [0.5, 0.6) is 0 Å². The van der Waals surface area contributed by atoms with E-state index < -0.39 is 10.2 Å². The minimum atomic E-state index is -3.17. The van der Waals surface area contributed by atoms with E-state index in [1.807, 2.05) is 0 Å². The lowest BCUT2D eigenvalue weighted by Gasteiger charge is -2.35. The van der Waals surface area contributed by atoms with Crippen LogP contribution in [0.3, 0.4) is 0 Å². The first kappa shape index (κ1) is 12.8. The van der Waals surface area contributed by atoms with Crippen molar-refractivity contribution in [2.45, 2.75) is 31.0 Å². The van der Waals surface area contributed by atoms with Crippen LogP contribution in [0.15, 0.2) is 0 Å². The van der Waals surface area contributed by atoms with Gasteiger partial charge in [-0.25, -0.2) is 0 Å². The van der Waals surface area contributed by atoms with Crippen LogP contribution < -0.4 is 0 Å². The van der Waals surface area contributed by atoms with Crippen LogP contribution in [0.4, 0.5) is 0 Å². The van der Waals surface area contributed by atoms with Gasteiger partial charge in [0.1, 0.15) is 0 Å². The maximum Gasteiger partial charge on any atom is 0.281 e. The molecule has 2 rings (SSSR count). The van der Waals surface area contributed by atoms with E-state index in [4.69, 9.17) is 0 Å². The summed E-state index contributed by atoms with van der Waals surface area (Å²) in [6, 6.07) is 0. The van der Waals surface area contributed by atoms with Crippen molar-refractivity contribution in [3.63, 3.8) is 0 Å². The second kappa shape index (κ2) is 4.92. The van der Waals surface area contributed by atoms with E-state index in [1.165, 1.54) is 0 Å². The van der Waals surface area contributed by atoms with Crippen LogP contribution in [0.25, 0.3) is 0 Å². The van der Waals surface area contributed by atoms with Crippen molar-refractivity contribution in [3.05, 3.63) is 0 Å². The van der Waals surface area contributed by atoms with Gasteiger partial charge in [-0.1, -0.05) is 22.9 Å². The van der Waals surface area contributed by atoms with Gasteiger partial charge in [-0.2, -0.15) is 17.0 Å². The Bertz CT molecular complexity index is 341. The molecule has 2 aliphatic heterocycles. The zero-order chi connectivity index (χ0) is 11.8. The summed E-state index contributed by atoms with van der Waals surface area (Å²) in [5, 5.41) is 0. The minimum Gasteiger partial charge on any atom is -0.195 e. The summed E-state index contributed by atoms with van der Waals surface area (Å²) < 4.78 is 27.8. The van der Waals surface area contributed by atoms with Gasteiger partial charge in [0.05, 0.1) is 0 Å². The van der Waals surface area contributed by atoms with Gasteiger partial charge in [-0.3, -0.25) is 0 Å². The average Bonchev–Trinajstić information content (AvgIpc) is 2.75. The highest BCUT2D eigenvalue weighted by atomic mass is 79.9. The van der Waals surface area contributed by atoms with Gasteiger partial charge in [-0.15, -0.1) is 0 Å². The molecule has 4 nitrogen and oxygen atoms in total. The van der Waals surface area contributed by atoms with Gasteiger partial charge in [-0.05, 0) is 25.2 Å². The summed E-state index contributed by atoms with van der Waals surface area (Å²) in [5.74, 6) is 0.395. The molecule has 0 radical (unpaired) electrons. The van der Waals surface area contributed by atoms with Crippen molar-refractivity contribution < 1.29 is 8.42 Å². The third kappa shape index (κ3) is 2.44. The van der Waals surface area contributed by atoms with E-state index in [1.54, 1.807) is 8.61 Å². The Morgan fingerprint density at radius 3 is 2.31 bits per heavy atom. The Kier molecular flexibility index (Phi) is 3.93. The largest absolute Gasteiger partial charge is 0.281 e. The third-order valence-corrected chi connectivity index (χ3v) is 6.84. The molecular formula is C10H19BrN2O2S. The van der Waals surface area contributed by atoms with Crippen molar-refractivity contribution in [1.82, 2.24) is 8.61 Å². The second-order valence-corrected chi connectivity index (χ2v) is 7.86. The lowest BCUT2D eigenvalue weighted by atomic mass is 10.0. The molecule has 0 aliphatic carbocycles. The van der Waals surface area contributed by atoms with Gasteiger partial charge in [0.15, 0.2) is 0 Å². The number of hydrogen-bond acceptors (Lipinski definition) is 2. The maximum absolute atomic E-state index is 12.3. The number of alkyl halides is 1. The molecule has 16 heavy (non-hydrogen) atoms. The van der Waals surface area contributed by atoms with Gasteiger partial charge in [0.25, 0.3) is 10.2 Å². The molecule has 0 saturated carbocycles. The fourth-order valence-corrected chi connectivity index (χ4v) is 4.55. The first-order valence-electron chi connectivity index (χ1n) is 5.91. The highest BCUT2D eigenvalue weighted by Gasteiger charge is 2.36. The molecular weight excluding hydrogens is 292 g/mol. The molecule has 6 heteroatoms. The first-order valence-corrected chi connectivity index (χ1v) is 8.22. The van der Waals surface area contributed by atoms with Crippen LogP contribution >= 0.6 is 15.9 Å². The summed E-state index contributed by atoms with van der Waals surface area (Å²) in [6.45, 7) is 4.80. The van der Waals surface area contributed by atoms with E-state index in [9.17, 15) is 8.42 Å². The molecule has 2 unspecified atom stereocenters. The predicted molar refractivity (Wildman–Crippen MR) is 67.8 cm³/mol. The van der Waals surface area contributed by atoms with E-state index in [0.717, 1.165) is 19.3 Å². The standard InChI is InChI=1S/C10H19BrN2O2S/c1-9-8-13(7-4-10(9)11)16(14,15)12-5-2-3-6-12/h9-10H,2-8H2,1H3. The minimum absolute atomic E-state index is 0.395. The molecule has 2 aliphatic rings. The lowest BCUT2D eigenvalue weighted by Crippen LogP contribution is -2.48. The number of rotatable bonds is 2. The van der Waals surface area contributed by atoms with Crippen molar-refractivity contribution in [1.29, 1.82) is 0 Å². The summed E-state index contributed by atoms with van der Waals surface area (Å²) in [5.41, 5.74) is 0. The van der Waals surface area contributed by atoms with E-state index >= 15 is 0 Å². The average molecular weight is 311 g/mol. The van der Waals surface area contributed by atoms with E-state index in [0.29, 0.717) is 36.9 Å². The molecule has 0 aromatic rings. The molecule has 0 aromatic carbocycles. The van der Waals surface area contributed by atoms with Crippen molar-refractivity contribution in [2.75, 3.05) is 26.2 Å². The molecule has 0 spiro atoms. The number of halogens is 1. The predicted octanol–water partition coefficient (Wildman–Crippen LogP) is 1.43. The zero-order valence-electron chi connectivity index (χ0n) is 9.60. The number of piperidine rings is 1. The van der Waals surface area contributed by atoms with Crippen molar-refractivity contribution >= 4 is 26.1 Å². The molecule has 2 saturated heterocycles. The molecule has 0 amide bonds. The van der Waals surface area contributed by atoms with Gasteiger partial charge in [0.2, 0.25) is 0 Å². The summed E-state index contributed by atoms with van der Waals surface area (Å²) in [7, 11) is -3.17. The zero-order valence-corrected chi connectivity index (χ0v) is 12.0. The van der Waals surface area contributed by atoms with Crippen molar-refractivity contribution in [3.8, 4) is 0 Å². The third-order valence-electron chi connectivity index (χ3n) is 3.48. The van der Waals surface area contributed by atoms with Crippen LogP contribution in [0.2, 0.25) is 0 Å². The van der Waals surface area contributed by atoms with Gasteiger partial charge >= 0.3 is 0 Å². The Balaban J connectivity index is 2.06. The monoisotopic (exact) mass is 310 g/mol. The fraction of sp³-hybridized carbons (Fsp3) is 1.00. The normalized spacial score (nSPS) is 34.4. The quantitative estimate of drug-likeness (QED) is 0.724. The molecule has 0 aromatic heterocycles. The van der Waals surface area contributed by atoms with E-state index in [-0.39, 0.29) is 0 Å². The molecule has 2 heterocycles. The lowest BCUT2D eigenvalue weighted by molar-refractivity contribution is 0.273. The Hall–Kier alpha value is 0.350. The van der Waals surface area contributed by atoms with Crippen LogP contribution in [0.1, 0.15) is 26.2 Å². The fourth-order valence-electron chi connectivity index (χ4n) is 2.37. The van der Waals surface area contributed by atoms with Gasteiger partial charge < -0.3 is 0 Å². The Labute approximate surface area is 106 Å². The maximum atomic E-state index is 12.3. The topological polar surface area (TPSA) is 40.6 Å². The Morgan fingerprint density at radius 2 is 1.75 bits per heavy atom. The SMILES string of the molecule is CC1CN(S(=O)(=O)N2CCCC2)CCC1Br. The van der Waals surface area contributed by atoms with Crippen LogP contribution in [0, 0.1) is 5.92 Å².